The van der Waals surface area contributed by atoms with Gasteiger partial charge >= 0.3 is 0 Å². The van der Waals surface area contributed by atoms with Gasteiger partial charge in [0.1, 0.15) is 18.4 Å². The summed E-state index contributed by atoms with van der Waals surface area (Å²) in [6, 6.07) is 1.66. The van der Waals surface area contributed by atoms with Gasteiger partial charge in [0.25, 0.3) is 0 Å². The third-order valence-electron chi connectivity index (χ3n) is 5.42. The van der Waals surface area contributed by atoms with E-state index in [-0.39, 0.29) is 17.2 Å². The van der Waals surface area contributed by atoms with Crippen molar-refractivity contribution in [3.63, 3.8) is 0 Å². The quantitative estimate of drug-likeness (QED) is 0.564. The molecular weight excluding hydrogens is 398 g/mol. The van der Waals surface area contributed by atoms with Gasteiger partial charge in [-0.2, -0.15) is 0 Å². The Morgan fingerprint density at radius 3 is 2.81 bits per heavy atom. The SMILES string of the molecule is O=c1cc(CN2CCOCC2)occ1OCCCCCOC1=NC=NC2CC=CC=C12. The van der Waals surface area contributed by atoms with Crippen LogP contribution in [0.1, 0.15) is 31.4 Å². The molecule has 1 saturated heterocycles. The molecule has 0 aromatic carbocycles. The topological polar surface area (TPSA) is 85.9 Å². The molecule has 3 heterocycles. The number of hydrogen-bond donors (Lipinski definition) is 0. The molecule has 166 valence electrons. The first-order valence-corrected chi connectivity index (χ1v) is 10.9. The van der Waals surface area contributed by atoms with E-state index >= 15 is 0 Å². The molecular formula is C23H29N3O5. The van der Waals surface area contributed by atoms with Crippen molar-refractivity contribution >= 4 is 12.2 Å². The zero-order valence-corrected chi connectivity index (χ0v) is 17.7. The number of nitrogens with zero attached hydrogens (tertiary/aromatic N) is 3. The van der Waals surface area contributed by atoms with Crippen LogP contribution in [0.25, 0.3) is 0 Å². The van der Waals surface area contributed by atoms with Gasteiger partial charge in [-0.15, -0.1) is 0 Å². The molecule has 0 amide bonds. The molecule has 3 aliphatic rings. The lowest BCUT2D eigenvalue weighted by Crippen LogP contribution is -2.35. The van der Waals surface area contributed by atoms with Gasteiger partial charge in [0.05, 0.1) is 39.0 Å². The fourth-order valence-electron chi connectivity index (χ4n) is 3.67. The van der Waals surface area contributed by atoms with Crippen LogP contribution < -0.4 is 10.2 Å². The molecule has 0 saturated carbocycles. The second-order valence-electron chi connectivity index (χ2n) is 7.72. The van der Waals surface area contributed by atoms with Gasteiger partial charge in [-0.1, -0.05) is 18.2 Å². The van der Waals surface area contributed by atoms with E-state index in [0.717, 1.165) is 44.3 Å². The second kappa shape index (κ2) is 11.1. The molecule has 1 atom stereocenters. The van der Waals surface area contributed by atoms with Crippen LogP contribution in [0.15, 0.2) is 55.3 Å². The van der Waals surface area contributed by atoms with Gasteiger partial charge in [0, 0.05) is 24.7 Å². The van der Waals surface area contributed by atoms with Gasteiger partial charge in [0.2, 0.25) is 17.1 Å². The minimum Gasteiger partial charge on any atom is -0.487 e. The summed E-state index contributed by atoms with van der Waals surface area (Å²) >= 11 is 0. The predicted octanol–water partition coefficient (Wildman–Crippen LogP) is 2.73. The van der Waals surface area contributed by atoms with Gasteiger partial charge in [-0.05, 0) is 25.7 Å². The summed E-state index contributed by atoms with van der Waals surface area (Å²) in [4.78, 5) is 23.1. The Labute approximate surface area is 181 Å². The predicted molar refractivity (Wildman–Crippen MR) is 118 cm³/mol. The molecule has 0 N–H and O–H groups in total. The van der Waals surface area contributed by atoms with Gasteiger partial charge in [-0.25, -0.2) is 4.99 Å². The van der Waals surface area contributed by atoms with Gasteiger partial charge in [-0.3, -0.25) is 14.7 Å². The summed E-state index contributed by atoms with van der Waals surface area (Å²) in [5, 5.41) is 0. The number of allylic oxidation sites excluding steroid dienone is 2. The lowest BCUT2D eigenvalue weighted by molar-refractivity contribution is 0.0310. The minimum atomic E-state index is -0.140. The third kappa shape index (κ3) is 6.15. The highest BCUT2D eigenvalue weighted by atomic mass is 16.5. The zero-order valence-electron chi connectivity index (χ0n) is 17.7. The van der Waals surface area contributed by atoms with Crippen LogP contribution in [0.4, 0.5) is 0 Å². The molecule has 1 fully saturated rings. The molecule has 4 rings (SSSR count). The van der Waals surface area contributed by atoms with Crippen LogP contribution in [0, 0.1) is 0 Å². The number of ether oxygens (including phenoxy) is 3. The van der Waals surface area contributed by atoms with Gasteiger partial charge < -0.3 is 18.6 Å². The van der Waals surface area contributed by atoms with Crippen molar-refractivity contribution < 1.29 is 18.6 Å². The fraction of sp³-hybridized carbons (Fsp3) is 0.522. The largest absolute Gasteiger partial charge is 0.487 e. The Hall–Kier alpha value is -2.71. The van der Waals surface area contributed by atoms with E-state index in [1.807, 2.05) is 12.2 Å². The molecule has 0 bridgehead atoms. The van der Waals surface area contributed by atoms with Crippen LogP contribution in [-0.2, 0) is 16.0 Å². The Morgan fingerprint density at radius 2 is 1.97 bits per heavy atom. The number of fused-ring (bicyclic) bond motifs is 1. The Bertz CT molecular complexity index is 912. The molecule has 0 spiro atoms. The van der Waals surface area contributed by atoms with Crippen LogP contribution in [0.2, 0.25) is 0 Å². The van der Waals surface area contributed by atoms with Crippen molar-refractivity contribution in [3.05, 3.63) is 52.1 Å². The molecule has 1 aliphatic carbocycles. The summed E-state index contributed by atoms with van der Waals surface area (Å²) in [5.41, 5.74) is 0.913. The molecule has 8 heteroatoms. The highest BCUT2D eigenvalue weighted by Crippen LogP contribution is 2.21. The maximum absolute atomic E-state index is 12.3. The fourth-order valence-corrected chi connectivity index (χ4v) is 3.67. The summed E-state index contributed by atoms with van der Waals surface area (Å²) in [6.45, 7) is 4.81. The lowest BCUT2D eigenvalue weighted by Gasteiger charge is -2.25. The van der Waals surface area contributed by atoms with Crippen molar-refractivity contribution in [1.29, 1.82) is 0 Å². The Balaban J connectivity index is 1.12. The second-order valence-corrected chi connectivity index (χ2v) is 7.72. The van der Waals surface area contributed by atoms with E-state index < -0.39 is 0 Å². The van der Waals surface area contributed by atoms with E-state index in [2.05, 4.69) is 21.0 Å². The van der Waals surface area contributed by atoms with Gasteiger partial charge in [0.15, 0.2) is 0 Å². The highest BCUT2D eigenvalue weighted by Gasteiger charge is 2.22. The molecule has 2 aliphatic heterocycles. The lowest BCUT2D eigenvalue weighted by atomic mass is 9.99. The average molecular weight is 428 g/mol. The first kappa shape index (κ1) is 21.5. The zero-order chi connectivity index (χ0) is 21.3. The molecule has 1 aromatic heterocycles. The number of hydrogen-bond acceptors (Lipinski definition) is 8. The van der Waals surface area contributed by atoms with E-state index in [4.69, 9.17) is 18.6 Å². The normalized spacial score (nSPS) is 20.7. The number of unbranched alkanes of at least 4 members (excludes halogenated alkanes) is 2. The smallest absolute Gasteiger partial charge is 0.227 e. The van der Waals surface area contributed by atoms with Crippen LogP contribution in [0.3, 0.4) is 0 Å². The van der Waals surface area contributed by atoms with Crippen LogP contribution >= 0.6 is 0 Å². The molecule has 1 aromatic rings. The van der Waals surface area contributed by atoms with E-state index in [1.54, 1.807) is 6.34 Å². The number of morpholine rings is 1. The van der Waals surface area contributed by atoms with E-state index in [9.17, 15) is 4.79 Å². The summed E-state index contributed by atoms with van der Waals surface area (Å²) in [5.74, 6) is 1.59. The van der Waals surface area contributed by atoms with E-state index in [1.165, 1.54) is 12.3 Å². The molecule has 31 heavy (non-hydrogen) atoms. The van der Waals surface area contributed by atoms with Crippen molar-refractivity contribution in [2.24, 2.45) is 9.98 Å². The Morgan fingerprint density at radius 1 is 1.13 bits per heavy atom. The standard InChI is InChI=1S/C23H29N3O5/c27-21-14-18(15-26-8-12-28-13-9-26)31-16-22(21)29-10-4-1-5-11-30-23-19-6-2-3-7-20(19)24-17-25-23/h2-3,6,14,16-17,20H,1,4-5,7-13,15H2. The van der Waals surface area contributed by atoms with Crippen molar-refractivity contribution in [1.82, 2.24) is 4.90 Å². The summed E-state index contributed by atoms with van der Waals surface area (Å²) < 4.78 is 22.4. The first-order chi connectivity index (χ1) is 15.3. The maximum atomic E-state index is 12.3. The average Bonchev–Trinajstić information content (AvgIpc) is 2.80. The molecule has 1 unspecified atom stereocenters. The molecule has 0 radical (unpaired) electrons. The molecule has 8 nitrogen and oxygen atoms in total. The first-order valence-electron chi connectivity index (χ1n) is 10.9. The number of rotatable bonds is 9. The van der Waals surface area contributed by atoms with E-state index in [0.29, 0.717) is 44.6 Å². The summed E-state index contributed by atoms with van der Waals surface area (Å²) in [6.07, 6.45) is 12.7. The monoisotopic (exact) mass is 427 g/mol. The maximum Gasteiger partial charge on any atom is 0.227 e. The van der Waals surface area contributed by atoms with Crippen molar-refractivity contribution in [2.75, 3.05) is 39.5 Å². The van der Waals surface area contributed by atoms with Crippen molar-refractivity contribution in [2.45, 2.75) is 38.3 Å². The highest BCUT2D eigenvalue weighted by molar-refractivity contribution is 6.01. The third-order valence-corrected chi connectivity index (χ3v) is 5.42. The number of aliphatic imine (C=N–C) groups is 2. The van der Waals surface area contributed by atoms with Crippen LogP contribution in [-0.4, -0.2) is 62.7 Å². The van der Waals surface area contributed by atoms with Crippen molar-refractivity contribution in [3.8, 4) is 5.75 Å². The van der Waals surface area contributed by atoms with Crippen LogP contribution in [0.5, 0.6) is 5.75 Å². The Kier molecular flexibility index (Phi) is 7.68. The minimum absolute atomic E-state index is 0.137. The summed E-state index contributed by atoms with van der Waals surface area (Å²) in [7, 11) is 0.